The third-order valence-corrected chi connectivity index (χ3v) is 4.97. The van der Waals surface area contributed by atoms with Crippen molar-refractivity contribution in [1.82, 2.24) is 10.3 Å². The number of nitrogens with one attached hydrogen (secondary N) is 1. The van der Waals surface area contributed by atoms with Crippen molar-refractivity contribution < 1.29 is 23.4 Å². The van der Waals surface area contributed by atoms with E-state index in [2.05, 4.69) is 15.6 Å². The molecule has 0 saturated carbocycles. The molecule has 0 spiro atoms. The monoisotopic (exact) mass is 466 g/mol. The van der Waals surface area contributed by atoms with Gasteiger partial charge in [0.05, 0.1) is 30.4 Å². The average molecular weight is 467 g/mol. The van der Waals surface area contributed by atoms with Crippen LogP contribution in [0, 0.1) is 5.82 Å². The van der Waals surface area contributed by atoms with Crippen molar-refractivity contribution in [1.29, 1.82) is 0 Å². The first-order valence-corrected chi connectivity index (χ1v) is 10.1. The van der Waals surface area contributed by atoms with E-state index < -0.39 is 11.8 Å². The summed E-state index contributed by atoms with van der Waals surface area (Å²) in [6.45, 7) is 0. The minimum absolute atomic E-state index is 0.0488. The van der Waals surface area contributed by atoms with E-state index in [1.807, 2.05) is 0 Å². The molecule has 1 aromatic heterocycles. The maximum atomic E-state index is 13.1. The number of hydrogen-bond donors (Lipinski definition) is 1. The van der Waals surface area contributed by atoms with Gasteiger partial charge in [-0.3, -0.25) is 4.98 Å². The molecule has 0 aliphatic heterocycles. The molecule has 2 amide bonds. The van der Waals surface area contributed by atoms with E-state index in [0.29, 0.717) is 34.2 Å². The van der Waals surface area contributed by atoms with Gasteiger partial charge in [-0.25, -0.2) is 9.18 Å². The number of urea groups is 1. The lowest BCUT2D eigenvalue weighted by Gasteiger charge is -2.12. The Balaban J connectivity index is 1.47. The Bertz CT molecular complexity index is 1320. The number of hydrogen-bond acceptors (Lipinski definition) is 5. The number of carbonyl (C=O) groups excluding carboxylic acids is 1. The van der Waals surface area contributed by atoms with Crippen molar-refractivity contribution in [3.8, 4) is 23.0 Å². The second kappa shape index (κ2) is 9.62. The summed E-state index contributed by atoms with van der Waals surface area (Å²) in [5, 5.41) is 7.27. The molecule has 1 N–H and O–H groups in total. The Hall–Kier alpha value is -4.04. The van der Waals surface area contributed by atoms with Gasteiger partial charge in [-0.2, -0.15) is 5.32 Å². The maximum absolute atomic E-state index is 13.1. The van der Waals surface area contributed by atoms with E-state index in [4.69, 9.17) is 25.8 Å². The lowest BCUT2D eigenvalue weighted by molar-refractivity contribution is 0.255. The van der Waals surface area contributed by atoms with Gasteiger partial charge in [0.1, 0.15) is 17.3 Å². The summed E-state index contributed by atoms with van der Waals surface area (Å²) < 4.78 is 29.9. The number of halogens is 2. The van der Waals surface area contributed by atoms with E-state index in [1.54, 1.807) is 62.9 Å². The molecule has 0 aliphatic rings. The Morgan fingerprint density at radius 3 is 2.39 bits per heavy atom. The second-order valence-corrected chi connectivity index (χ2v) is 7.20. The molecule has 167 valence electrons. The van der Waals surface area contributed by atoms with E-state index in [-0.39, 0.29) is 10.7 Å². The Morgan fingerprint density at radius 2 is 1.70 bits per heavy atom. The second-order valence-electron chi connectivity index (χ2n) is 6.80. The van der Waals surface area contributed by atoms with Crippen LogP contribution >= 0.6 is 11.6 Å². The van der Waals surface area contributed by atoms with Gasteiger partial charge in [-0.15, -0.1) is 0 Å². The van der Waals surface area contributed by atoms with Crippen LogP contribution < -0.4 is 24.8 Å². The molecule has 1 radical (unpaired) electrons. The van der Waals surface area contributed by atoms with Gasteiger partial charge in [0.15, 0.2) is 11.5 Å². The van der Waals surface area contributed by atoms with Gasteiger partial charge < -0.3 is 19.5 Å². The Labute approximate surface area is 194 Å². The van der Waals surface area contributed by atoms with Gasteiger partial charge in [-0.05, 0) is 54.6 Å². The fraction of sp³-hybridized carbons (Fsp3) is 0.0833. The van der Waals surface area contributed by atoms with E-state index in [1.165, 1.54) is 12.1 Å². The van der Waals surface area contributed by atoms with Gasteiger partial charge in [0.25, 0.3) is 0 Å². The fourth-order valence-corrected chi connectivity index (χ4v) is 3.31. The quantitative estimate of drug-likeness (QED) is 0.360. The molecule has 3 aromatic carbocycles. The maximum Gasteiger partial charge on any atom is 0.345 e. The molecule has 1 heterocycles. The summed E-state index contributed by atoms with van der Waals surface area (Å²) in [7, 11) is 3.12. The number of ether oxygens (including phenoxy) is 3. The molecule has 0 aliphatic carbocycles. The van der Waals surface area contributed by atoms with Crippen LogP contribution in [0.2, 0.25) is 5.02 Å². The third-order valence-electron chi connectivity index (χ3n) is 4.67. The fourth-order valence-electron chi connectivity index (χ4n) is 3.10. The summed E-state index contributed by atoms with van der Waals surface area (Å²) in [5.41, 5.74) is 1.36. The first-order chi connectivity index (χ1) is 16.0. The molecule has 7 nitrogen and oxygen atoms in total. The van der Waals surface area contributed by atoms with E-state index >= 15 is 0 Å². The highest BCUT2D eigenvalue weighted by Gasteiger charge is 2.12. The zero-order valence-corrected chi connectivity index (χ0v) is 18.4. The number of carbonyl (C=O) groups is 1. The predicted molar refractivity (Wildman–Crippen MR) is 124 cm³/mol. The smallest absolute Gasteiger partial charge is 0.345 e. The zero-order chi connectivity index (χ0) is 23.4. The van der Waals surface area contributed by atoms with Gasteiger partial charge in [-0.1, -0.05) is 11.6 Å². The zero-order valence-electron chi connectivity index (χ0n) is 17.6. The van der Waals surface area contributed by atoms with Crippen LogP contribution in [-0.2, 0) is 0 Å². The molecule has 4 rings (SSSR count). The number of aromatic nitrogens is 1. The summed E-state index contributed by atoms with van der Waals surface area (Å²) in [5.74, 6) is 1.76. The minimum atomic E-state index is -0.640. The van der Waals surface area contributed by atoms with Crippen molar-refractivity contribution in [2.45, 2.75) is 0 Å². The number of nitrogens with zero attached hydrogens (tertiary/aromatic N) is 2. The Morgan fingerprint density at radius 1 is 0.970 bits per heavy atom. The molecule has 0 bridgehead atoms. The topological polar surface area (TPSA) is 83.8 Å². The largest absolute Gasteiger partial charge is 0.493 e. The number of rotatable bonds is 6. The molecule has 33 heavy (non-hydrogen) atoms. The highest BCUT2D eigenvalue weighted by Crippen LogP contribution is 2.37. The summed E-state index contributed by atoms with van der Waals surface area (Å²) in [6.07, 6.45) is 1.64. The van der Waals surface area contributed by atoms with Crippen molar-refractivity contribution >= 4 is 39.9 Å². The van der Waals surface area contributed by atoms with Crippen molar-refractivity contribution in [3.05, 3.63) is 77.7 Å². The van der Waals surface area contributed by atoms with Gasteiger partial charge >= 0.3 is 6.03 Å². The van der Waals surface area contributed by atoms with Crippen LogP contribution in [0.4, 0.5) is 20.6 Å². The molecule has 0 saturated heterocycles. The minimum Gasteiger partial charge on any atom is -0.493 e. The number of anilines is 1. The molecular weight excluding hydrogens is 449 g/mol. The number of fused-ring (bicyclic) bond motifs is 1. The van der Waals surface area contributed by atoms with Crippen LogP contribution in [-0.4, -0.2) is 25.2 Å². The van der Waals surface area contributed by atoms with Crippen LogP contribution in [0.25, 0.3) is 10.9 Å². The lowest BCUT2D eigenvalue weighted by atomic mass is 10.2. The average Bonchev–Trinajstić information content (AvgIpc) is 2.81. The summed E-state index contributed by atoms with van der Waals surface area (Å²) in [4.78, 5) is 16.5. The van der Waals surface area contributed by atoms with E-state index in [9.17, 15) is 9.18 Å². The van der Waals surface area contributed by atoms with Gasteiger partial charge in [0.2, 0.25) is 0 Å². The molecule has 0 atom stereocenters. The van der Waals surface area contributed by atoms with Crippen molar-refractivity contribution in [3.63, 3.8) is 0 Å². The van der Waals surface area contributed by atoms with Crippen molar-refractivity contribution in [2.75, 3.05) is 19.5 Å². The predicted octanol–water partition coefficient (Wildman–Crippen LogP) is 6.30. The number of benzene rings is 3. The van der Waals surface area contributed by atoms with E-state index in [0.717, 1.165) is 11.5 Å². The Kier molecular flexibility index (Phi) is 6.46. The lowest BCUT2D eigenvalue weighted by Crippen LogP contribution is -2.18. The highest BCUT2D eigenvalue weighted by atomic mass is 35.5. The van der Waals surface area contributed by atoms with Crippen LogP contribution in [0.3, 0.4) is 0 Å². The standard InChI is InChI=1S/C24H18ClFN3O4/c1-31-22-12-17-20(13-23(22)32-2)27-10-9-21(17)33-16-6-4-15(5-7-16)28-24(30)29-19-8-3-14(26)11-18(19)25/h3-13H,1-2H3,(H,28,30). The summed E-state index contributed by atoms with van der Waals surface area (Å²) in [6, 6.07) is 15.0. The van der Waals surface area contributed by atoms with Crippen LogP contribution in [0.15, 0.2) is 66.9 Å². The number of methoxy groups -OCH3 is 2. The number of amides is 2. The summed E-state index contributed by atoms with van der Waals surface area (Å²) >= 11 is 5.90. The molecular formula is C24H18ClFN3O4. The first-order valence-electron chi connectivity index (χ1n) is 9.73. The molecule has 0 fully saturated rings. The highest BCUT2D eigenvalue weighted by molar-refractivity contribution is 6.33. The number of pyridine rings is 1. The van der Waals surface area contributed by atoms with Crippen molar-refractivity contribution in [2.24, 2.45) is 0 Å². The molecule has 0 unspecified atom stereocenters. The SMILES string of the molecule is COc1cc2nccc(Oc3ccc(NC(=O)[N]c4ccc(F)cc4Cl)cc3)c2cc1OC. The van der Waals surface area contributed by atoms with Crippen LogP contribution in [0.1, 0.15) is 0 Å². The van der Waals surface area contributed by atoms with Gasteiger partial charge in [0, 0.05) is 23.3 Å². The van der Waals surface area contributed by atoms with Crippen LogP contribution in [0.5, 0.6) is 23.0 Å². The molecule has 9 heteroatoms. The third kappa shape index (κ3) is 5.07. The first kappa shape index (κ1) is 22.2. The molecule has 4 aromatic rings. The normalized spacial score (nSPS) is 10.5.